The van der Waals surface area contributed by atoms with Gasteiger partial charge in [0, 0.05) is 11.6 Å². The highest BCUT2D eigenvalue weighted by molar-refractivity contribution is 5.68. The van der Waals surface area contributed by atoms with Crippen LogP contribution in [0.1, 0.15) is 31.7 Å². The van der Waals surface area contributed by atoms with Crippen molar-refractivity contribution >= 4 is 11.8 Å². The van der Waals surface area contributed by atoms with E-state index < -0.39 is 124 Å². The van der Waals surface area contributed by atoms with E-state index in [1.807, 2.05) is 0 Å². The minimum absolute atomic E-state index is 0.0117. The molecule has 0 amide bonds. The molecule has 0 bridgehead atoms. The summed E-state index contributed by atoms with van der Waals surface area (Å²) in [6.45, 7) is -1.36. The van der Waals surface area contributed by atoms with Gasteiger partial charge in [-0.2, -0.15) is 114 Å². The van der Waals surface area contributed by atoms with Crippen LogP contribution in [-0.2, 0) is 4.74 Å². The molecule has 1 unspecified atom stereocenters. The molecule has 0 heterocycles. The number of alkyl halides is 28. The lowest BCUT2D eigenvalue weighted by atomic mass is 9.83. The Balaban J connectivity index is 3.77. The number of para-hydroxylation sites is 1. The van der Waals surface area contributed by atoms with E-state index in [2.05, 4.69) is 9.47 Å². The zero-order chi connectivity index (χ0) is 48.5. The lowest BCUT2D eigenvalue weighted by molar-refractivity contribution is -0.483. The van der Waals surface area contributed by atoms with Crippen molar-refractivity contribution in [3.63, 3.8) is 0 Å². The summed E-state index contributed by atoms with van der Waals surface area (Å²) in [6, 6.07) is 2.28. The van der Waals surface area contributed by atoms with Crippen LogP contribution in [0.3, 0.4) is 0 Å². The smallest absolute Gasteiger partial charge is 0.427 e. The third-order valence-corrected chi connectivity index (χ3v) is 8.02. The quantitative estimate of drug-likeness (QED) is 0.0454. The number of nitrogens with zero attached hydrogens (tertiary/aromatic N) is 1. The van der Waals surface area contributed by atoms with Crippen LogP contribution in [-0.4, -0.2) is 101 Å². The maximum Gasteiger partial charge on any atom is 0.514 e. The highest BCUT2D eigenvalue weighted by atomic mass is 19.4. The predicted molar refractivity (Wildman–Crippen MR) is 134 cm³/mol. The first kappa shape index (κ1) is 53.9. The van der Waals surface area contributed by atoms with Gasteiger partial charge in [-0.1, -0.05) is 26.0 Å². The summed E-state index contributed by atoms with van der Waals surface area (Å²) in [5, 5.41) is 11.2. The second-order valence-electron chi connectivity index (χ2n) is 11.8. The number of nitro groups is 1. The summed E-state index contributed by atoms with van der Waals surface area (Å²) >= 11 is 0. The molecule has 0 fully saturated rings. The molecular weight excluding hydrogens is 938 g/mol. The average molecular weight is 953 g/mol. The van der Waals surface area contributed by atoms with Crippen LogP contribution in [0.5, 0.6) is 5.75 Å². The lowest BCUT2D eigenvalue weighted by Gasteiger charge is -2.46. The van der Waals surface area contributed by atoms with Gasteiger partial charge in [-0.3, -0.25) is 10.1 Å². The van der Waals surface area contributed by atoms with E-state index in [1.165, 1.54) is 13.8 Å². The minimum Gasteiger partial charge on any atom is -0.427 e. The minimum atomic E-state index is -9.97. The first-order valence-corrected chi connectivity index (χ1v) is 14.4. The summed E-state index contributed by atoms with van der Waals surface area (Å²) in [5.74, 6) is -123. The molecule has 0 aliphatic heterocycles. The number of rotatable bonds is 19. The van der Waals surface area contributed by atoms with Gasteiger partial charge < -0.3 is 9.47 Å². The van der Waals surface area contributed by atoms with Crippen LogP contribution >= 0.6 is 0 Å². The van der Waals surface area contributed by atoms with Gasteiger partial charge in [0.25, 0.3) is 0 Å². The molecule has 34 heteroatoms. The van der Waals surface area contributed by atoms with Gasteiger partial charge >= 0.3 is 95.3 Å². The van der Waals surface area contributed by atoms with Crippen LogP contribution in [0.25, 0.3) is 0 Å². The van der Waals surface area contributed by atoms with Crippen molar-refractivity contribution in [3.05, 3.63) is 33.9 Å². The molecule has 0 spiro atoms. The van der Waals surface area contributed by atoms with Gasteiger partial charge in [-0.05, 0) is 12.3 Å². The third kappa shape index (κ3) is 7.29. The molecule has 1 aromatic carbocycles. The van der Waals surface area contributed by atoms with Crippen molar-refractivity contribution in [2.75, 3.05) is 6.61 Å². The zero-order valence-electron chi connectivity index (χ0n) is 27.9. The maximum absolute atomic E-state index is 14.2. The summed E-state index contributed by atoms with van der Waals surface area (Å²) in [5.41, 5.74) is -1.70. The van der Waals surface area contributed by atoms with E-state index in [9.17, 15) is 138 Å². The molecule has 6 nitrogen and oxygen atoms in total. The third-order valence-electron chi connectivity index (χ3n) is 8.02. The van der Waals surface area contributed by atoms with E-state index in [1.54, 1.807) is 0 Å². The number of carbonyl (C=O) groups excluding carboxylic acids is 1. The standard InChI is InChI=1S/C26H15F28NO5/c1-3-8(2)9-5-4-6-10(55(57)58)11(9)60-13(56)59-7-14(29,30)16(33,34)18(37,38)20(41,42)22(45,46)24(49,50)26(53,54)25(51,52)23(47,48)21(43,44)19(39,40)17(35,36)15(31,32)12(27)28/h4-6,8,12H,3,7H2,1-2H3. The van der Waals surface area contributed by atoms with Crippen molar-refractivity contribution in [2.24, 2.45) is 0 Å². The fourth-order valence-corrected chi connectivity index (χ4v) is 4.11. The van der Waals surface area contributed by atoms with E-state index >= 15 is 0 Å². The molecule has 0 saturated heterocycles. The monoisotopic (exact) mass is 953 g/mol. The van der Waals surface area contributed by atoms with Crippen LogP contribution < -0.4 is 4.74 Å². The average Bonchev–Trinajstić information content (AvgIpc) is 3.09. The molecular formula is C26H15F28NO5. The number of carbonyl (C=O) groups is 1. The van der Waals surface area contributed by atoms with Gasteiger partial charge in [-0.25, -0.2) is 13.6 Å². The molecule has 1 aromatic rings. The molecule has 0 radical (unpaired) electrons. The molecule has 1 atom stereocenters. The van der Waals surface area contributed by atoms with Crippen molar-refractivity contribution in [3.8, 4) is 5.75 Å². The summed E-state index contributed by atoms with van der Waals surface area (Å²) in [4.78, 5) is 21.7. The maximum atomic E-state index is 14.2. The first-order valence-electron chi connectivity index (χ1n) is 14.4. The van der Waals surface area contributed by atoms with Gasteiger partial charge in [-0.15, -0.1) is 0 Å². The van der Waals surface area contributed by atoms with Gasteiger partial charge in [0.15, 0.2) is 6.61 Å². The Labute approximate surface area is 310 Å². The van der Waals surface area contributed by atoms with E-state index in [-0.39, 0.29) is 6.42 Å². The topological polar surface area (TPSA) is 78.7 Å². The Morgan fingerprint density at radius 3 is 1.20 bits per heavy atom. The summed E-state index contributed by atoms with van der Waals surface area (Å²) in [6.07, 6.45) is -9.37. The number of ether oxygens (including phenoxy) is 2. The van der Waals surface area contributed by atoms with Crippen LogP contribution in [0.4, 0.5) is 133 Å². The van der Waals surface area contributed by atoms with E-state index in [0.29, 0.717) is 6.07 Å². The Hall–Kier alpha value is -4.07. The number of halogens is 28. The second-order valence-corrected chi connectivity index (χ2v) is 11.8. The number of benzene rings is 1. The molecule has 0 aliphatic rings. The number of hydrogen-bond acceptors (Lipinski definition) is 5. The second kappa shape index (κ2) is 15.4. The molecule has 0 saturated carbocycles. The fourth-order valence-electron chi connectivity index (χ4n) is 4.11. The highest BCUT2D eigenvalue weighted by Gasteiger charge is 3.00. The van der Waals surface area contributed by atoms with Crippen LogP contribution in [0.15, 0.2) is 18.2 Å². The Kier molecular flexibility index (Phi) is 13.8. The van der Waals surface area contributed by atoms with Crippen molar-refractivity contribution < 1.29 is 142 Å². The highest BCUT2D eigenvalue weighted by Crippen LogP contribution is 2.68. The molecule has 60 heavy (non-hydrogen) atoms. The molecule has 0 aromatic heterocycles. The van der Waals surface area contributed by atoms with Crippen molar-refractivity contribution in [1.82, 2.24) is 0 Å². The van der Waals surface area contributed by atoms with Gasteiger partial charge in [0.1, 0.15) is 0 Å². The Morgan fingerprint density at radius 2 is 0.900 bits per heavy atom. The SMILES string of the molecule is CCC(C)c1cccc([N+](=O)[O-])c1OC(=O)OCC(F)(F)C(F)(F)C(F)(F)C(F)(F)C(F)(F)C(F)(F)C(F)(F)C(F)(F)C(F)(F)C(F)(F)C(F)(F)C(F)(F)C(F)(F)C(F)F. The largest absolute Gasteiger partial charge is 0.514 e. The molecule has 350 valence electrons. The van der Waals surface area contributed by atoms with Crippen molar-refractivity contribution in [1.29, 1.82) is 0 Å². The van der Waals surface area contributed by atoms with Gasteiger partial charge in [0.2, 0.25) is 5.75 Å². The normalized spacial score (nSPS) is 15.9. The van der Waals surface area contributed by atoms with E-state index in [4.69, 9.17) is 0 Å². The fraction of sp³-hybridized carbons (Fsp3) is 0.731. The molecule has 0 aliphatic carbocycles. The molecule has 1 rings (SSSR count). The molecule has 0 N–H and O–H groups in total. The van der Waals surface area contributed by atoms with E-state index in [0.717, 1.165) is 12.1 Å². The Morgan fingerprint density at radius 1 is 0.583 bits per heavy atom. The predicted octanol–water partition coefficient (Wildman–Crippen LogP) is 12.1. The lowest BCUT2D eigenvalue weighted by Crippen LogP contribution is -2.79. The summed E-state index contributed by atoms with van der Waals surface area (Å²) < 4.78 is 392. The number of nitro benzene ring substituents is 1. The summed E-state index contributed by atoms with van der Waals surface area (Å²) in [7, 11) is 0. The van der Waals surface area contributed by atoms with Crippen molar-refractivity contribution in [2.45, 2.75) is 110 Å². The Bertz CT molecular complexity index is 1740. The number of hydrogen-bond donors (Lipinski definition) is 0. The van der Waals surface area contributed by atoms with Crippen LogP contribution in [0.2, 0.25) is 0 Å². The van der Waals surface area contributed by atoms with Crippen LogP contribution in [0, 0.1) is 10.1 Å². The van der Waals surface area contributed by atoms with Gasteiger partial charge in [0.05, 0.1) is 4.92 Å². The zero-order valence-corrected chi connectivity index (χ0v) is 27.9. The first-order chi connectivity index (χ1) is 26.1.